The van der Waals surface area contributed by atoms with Crippen molar-refractivity contribution < 1.29 is 40.5 Å². The minimum atomic E-state index is -1.71. The van der Waals surface area contributed by atoms with Crippen LogP contribution in [-0.4, -0.2) is 92.7 Å². The van der Waals surface area contributed by atoms with E-state index in [9.17, 15) is 15.3 Å². The maximum atomic E-state index is 9.35. The van der Waals surface area contributed by atoms with Crippen molar-refractivity contribution in [1.82, 2.24) is 0 Å². The first kappa shape index (κ1) is 16.7. The van der Waals surface area contributed by atoms with Crippen LogP contribution in [0.4, 0.5) is 0 Å². The number of ether oxygens (including phenoxy) is 1. The van der Waals surface area contributed by atoms with Crippen molar-refractivity contribution >= 4 is 0 Å². The van der Waals surface area contributed by atoms with Crippen molar-refractivity contribution in [1.29, 1.82) is 0 Å². The van der Waals surface area contributed by atoms with E-state index in [1.807, 2.05) is 0 Å². The number of aliphatic hydroxyl groups excluding tert-OH is 7. The van der Waals surface area contributed by atoms with E-state index < -0.39 is 50.3 Å². The molecule has 0 rings (SSSR count). The highest BCUT2D eigenvalue weighted by Crippen LogP contribution is 2.05. The zero-order valence-corrected chi connectivity index (χ0v) is 9.25. The molecule has 0 saturated carbocycles. The van der Waals surface area contributed by atoms with Crippen molar-refractivity contribution in [3.63, 3.8) is 0 Å². The van der Waals surface area contributed by atoms with Crippen LogP contribution in [-0.2, 0) is 4.74 Å². The quantitative estimate of drug-likeness (QED) is 0.219. The fourth-order valence-electron chi connectivity index (χ4n) is 1.04. The van der Waals surface area contributed by atoms with Gasteiger partial charge in [-0.1, -0.05) is 0 Å². The second kappa shape index (κ2) is 8.72. The average Bonchev–Trinajstić information content (AvgIpc) is 2.35. The predicted molar refractivity (Wildman–Crippen MR) is 55.0 cm³/mol. The average molecular weight is 256 g/mol. The normalized spacial score (nSPS) is 20.6. The number of hydrogen-bond donors (Lipinski definition) is 7. The molecule has 0 bridgehead atoms. The van der Waals surface area contributed by atoms with E-state index >= 15 is 0 Å². The topological polar surface area (TPSA) is 151 Å². The maximum absolute atomic E-state index is 9.35. The van der Waals surface area contributed by atoms with Gasteiger partial charge in [0.25, 0.3) is 0 Å². The van der Waals surface area contributed by atoms with E-state index in [1.165, 1.54) is 0 Å². The number of rotatable bonds is 9. The molecule has 0 aliphatic heterocycles. The van der Waals surface area contributed by atoms with Crippen LogP contribution in [0.1, 0.15) is 0 Å². The first-order valence-corrected chi connectivity index (χ1v) is 5.13. The Morgan fingerprint density at radius 2 is 1.24 bits per heavy atom. The van der Waals surface area contributed by atoms with Crippen molar-refractivity contribution in [3.05, 3.63) is 0 Å². The number of hydrogen-bond acceptors (Lipinski definition) is 8. The second-order valence-corrected chi connectivity index (χ2v) is 3.67. The van der Waals surface area contributed by atoms with Crippen LogP contribution in [0.15, 0.2) is 0 Å². The number of aliphatic hydroxyl groups is 7. The standard InChI is InChI=1S/C9H20O8/c10-1-5(12)3-17-4-7(14)9(16)8(15)6(13)2-11/h5-16H,1-4H2/t5?,6-,7-,8-,9-/m1/s1. The lowest BCUT2D eigenvalue weighted by molar-refractivity contribution is -0.132. The summed E-state index contributed by atoms with van der Waals surface area (Å²) in [4.78, 5) is 0. The molecule has 0 heterocycles. The largest absolute Gasteiger partial charge is 0.394 e. The molecule has 8 nitrogen and oxygen atoms in total. The maximum Gasteiger partial charge on any atom is 0.111 e. The molecule has 0 aromatic heterocycles. The summed E-state index contributed by atoms with van der Waals surface area (Å²) in [6, 6.07) is 0. The molecule has 8 heteroatoms. The zero-order valence-electron chi connectivity index (χ0n) is 9.25. The van der Waals surface area contributed by atoms with E-state index in [2.05, 4.69) is 0 Å². The molecule has 5 atom stereocenters. The highest BCUT2D eigenvalue weighted by atomic mass is 16.5. The van der Waals surface area contributed by atoms with Gasteiger partial charge in [0.2, 0.25) is 0 Å². The van der Waals surface area contributed by atoms with E-state index in [-0.39, 0.29) is 6.61 Å². The summed E-state index contributed by atoms with van der Waals surface area (Å²) >= 11 is 0. The van der Waals surface area contributed by atoms with Gasteiger partial charge in [-0.15, -0.1) is 0 Å². The molecule has 104 valence electrons. The summed E-state index contributed by atoms with van der Waals surface area (Å²) < 4.78 is 4.76. The van der Waals surface area contributed by atoms with Crippen LogP contribution < -0.4 is 0 Å². The van der Waals surface area contributed by atoms with Gasteiger partial charge in [-0.2, -0.15) is 0 Å². The third-order valence-corrected chi connectivity index (χ3v) is 2.14. The summed E-state index contributed by atoms with van der Waals surface area (Å²) in [6.07, 6.45) is -7.54. The Morgan fingerprint density at radius 3 is 1.71 bits per heavy atom. The van der Waals surface area contributed by atoms with E-state index in [1.54, 1.807) is 0 Å². The van der Waals surface area contributed by atoms with Crippen molar-refractivity contribution in [3.8, 4) is 0 Å². The SMILES string of the molecule is OCC(O)COC[C@@H](O)[C@@H](O)[C@H](O)[C@H](O)CO. The summed E-state index contributed by atoms with van der Waals surface area (Å²) in [7, 11) is 0. The van der Waals surface area contributed by atoms with Crippen LogP contribution in [0.25, 0.3) is 0 Å². The van der Waals surface area contributed by atoms with Gasteiger partial charge in [0.1, 0.15) is 30.5 Å². The fourth-order valence-corrected chi connectivity index (χ4v) is 1.04. The molecule has 0 amide bonds. The Morgan fingerprint density at radius 1 is 0.706 bits per heavy atom. The van der Waals surface area contributed by atoms with Gasteiger partial charge in [0.05, 0.1) is 26.4 Å². The van der Waals surface area contributed by atoms with Gasteiger partial charge < -0.3 is 40.5 Å². The summed E-state index contributed by atoms with van der Waals surface area (Å²) in [6.45, 7) is -1.88. The van der Waals surface area contributed by atoms with E-state index in [0.29, 0.717) is 0 Å². The van der Waals surface area contributed by atoms with Crippen LogP contribution in [0, 0.1) is 0 Å². The van der Waals surface area contributed by atoms with Crippen LogP contribution in [0.3, 0.4) is 0 Å². The molecule has 0 fully saturated rings. The molecular formula is C9H20O8. The minimum Gasteiger partial charge on any atom is -0.394 e. The molecule has 0 radical (unpaired) electrons. The van der Waals surface area contributed by atoms with Gasteiger partial charge in [-0.25, -0.2) is 0 Å². The fraction of sp³-hybridized carbons (Fsp3) is 1.00. The van der Waals surface area contributed by atoms with E-state index in [0.717, 1.165) is 0 Å². The van der Waals surface area contributed by atoms with Gasteiger partial charge in [-0.3, -0.25) is 0 Å². The lowest BCUT2D eigenvalue weighted by Gasteiger charge is -2.25. The van der Waals surface area contributed by atoms with Gasteiger partial charge in [0.15, 0.2) is 0 Å². The highest BCUT2D eigenvalue weighted by Gasteiger charge is 2.30. The predicted octanol–water partition coefficient (Wildman–Crippen LogP) is -4.21. The van der Waals surface area contributed by atoms with Crippen LogP contribution >= 0.6 is 0 Å². The van der Waals surface area contributed by atoms with Crippen molar-refractivity contribution in [2.24, 2.45) is 0 Å². The summed E-state index contributed by atoms with van der Waals surface area (Å²) in [5.74, 6) is 0. The Labute approximate surface area is 98.3 Å². The summed E-state index contributed by atoms with van der Waals surface area (Å²) in [5.41, 5.74) is 0. The molecule has 0 saturated heterocycles. The summed E-state index contributed by atoms with van der Waals surface area (Å²) in [5, 5.41) is 62.8. The van der Waals surface area contributed by atoms with Crippen LogP contribution in [0.2, 0.25) is 0 Å². The van der Waals surface area contributed by atoms with Crippen molar-refractivity contribution in [2.75, 3.05) is 26.4 Å². The highest BCUT2D eigenvalue weighted by molar-refractivity contribution is 4.80. The minimum absolute atomic E-state index is 0.237. The third kappa shape index (κ3) is 6.24. The smallest absolute Gasteiger partial charge is 0.111 e. The Balaban J connectivity index is 3.92. The first-order valence-electron chi connectivity index (χ1n) is 5.13. The van der Waals surface area contributed by atoms with Gasteiger partial charge in [-0.05, 0) is 0 Å². The van der Waals surface area contributed by atoms with Gasteiger partial charge >= 0.3 is 0 Å². The molecular weight excluding hydrogens is 236 g/mol. The molecule has 0 aromatic rings. The molecule has 0 aliphatic carbocycles. The first-order chi connectivity index (χ1) is 7.93. The van der Waals surface area contributed by atoms with Gasteiger partial charge in [0, 0.05) is 0 Å². The Kier molecular flexibility index (Phi) is 8.56. The Hall–Kier alpha value is -0.320. The molecule has 0 aliphatic rings. The lowest BCUT2D eigenvalue weighted by Crippen LogP contribution is -2.47. The molecule has 17 heavy (non-hydrogen) atoms. The van der Waals surface area contributed by atoms with Crippen LogP contribution in [0.5, 0.6) is 0 Å². The lowest BCUT2D eigenvalue weighted by atomic mass is 10.0. The molecule has 0 spiro atoms. The second-order valence-electron chi connectivity index (χ2n) is 3.67. The zero-order chi connectivity index (χ0) is 13.4. The monoisotopic (exact) mass is 256 g/mol. The third-order valence-electron chi connectivity index (χ3n) is 2.14. The molecule has 7 N–H and O–H groups in total. The molecule has 1 unspecified atom stereocenters. The Bertz CT molecular complexity index is 190. The van der Waals surface area contributed by atoms with E-state index in [4.69, 9.17) is 25.2 Å². The van der Waals surface area contributed by atoms with Crippen molar-refractivity contribution in [2.45, 2.75) is 30.5 Å². The molecule has 0 aromatic carbocycles.